The van der Waals surface area contributed by atoms with E-state index in [1.165, 1.54) is 12.1 Å². The predicted molar refractivity (Wildman–Crippen MR) is 74.6 cm³/mol. The Morgan fingerprint density at radius 2 is 2.00 bits per heavy atom. The molecule has 21 heavy (non-hydrogen) atoms. The number of nitrogen functional groups attached to an aromatic ring is 1. The molecule has 0 saturated carbocycles. The molecule has 1 atom stereocenters. The zero-order chi connectivity index (χ0) is 15.2. The summed E-state index contributed by atoms with van der Waals surface area (Å²) in [6.07, 6.45) is -2.70. The van der Waals surface area contributed by atoms with E-state index < -0.39 is 11.7 Å². The number of nitrogens with two attached hydrogens (primary N) is 1. The number of rotatable bonds is 1. The first kappa shape index (κ1) is 14.0. The smallest absolute Gasteiger partial charge is 0.383 e. The Hall–Kier alpha value is -1.98. The fraction of sp³-hybridized carbons (Fsp3) is 0.400. The van der Waals surface area contributed by atoms with Crippen LogP contribution in [-0.4, -0.2) is 9.55 Å². The molecule has 2 N–H and O–H groups in total. The van der Waals surface area contributed by atoms with E-state index in [-0.39, 0.29) is 11.3 Å². The second-order valence-corrected chi connectivity index (χ2v) is 5.55. The molecule has 1 aliphatic rings. The van der Waals surface area contributed by atoms with Crippen molar-refractivity contribution in [3.8, 4) is 11.3 Å². The van der Waals surface area contributed by atoms with Crippen molar-refractivity contribution in [2.45, 2.75) is 32.5 Å². The Bertz CT molecular complexity index is 673. The van der Waals surface area contributed by atoms with Crippen LogP contribution in [-0.2, 0) is 19.1 Å². The third-order valence-electron chi connectivity index (χ3n) is 3.95. The van der Waals surface area contributed by atoms with E-state index in [0.29, 0.717) is 18.3 Å². The van der Waals surface area contributed by atoms with Gasteiger partial charge in [-0.25, -0.2) is 4.98 Å². The number of hydrogen-bond donors (Lipinski definition) is 1. The van der Waals surface area contributed by atoms with Crippen molar-refractivity contribution in [3.05, 3.63) is 35.7 Å². The molecule has 3 nitrogen and oxygen atoms in total. The van der Waals surface area contributed by atoms with Gasteiger partial charge < -0.3 is 10.3 Å². The largest absolute Gasteiger partial charge is 0.417 e. The first-order chi connectivity index (χ1) is 9.88. The average Bonchev–Trinajstić information content (AvgIpc) is 2.74. The lowest BCUT2D eigenvalue weighted by Gasteiger charge is -2.20. The molecule has 2 heterocycles. The lowest BCUT2D eigenvalue weighted by atomic mass is 10.0. The van der Waals surface area contributed by atoms with Gasteiger partial charge in [-0.3, -0.25) is 0 Å². The summed E-state index contributed by atoms with van der Waals surface area (Å²) in [4.78, 5) is 4.38. The molecule has 3 rings (SSSR count). The average molecular weight is 295 g/mol. The van der Waals surface area contributed by atoms with Gasteiger partial charge in [0.2, 0.25) is 0 Å². The highest BCUT2D eigenvalue weighted by molar-refractivity contribution is 5.74. The van der Waals surface area contributed by atoms with Crippen LogP contribution in [0.5, 0.6) is 0 Å². The lowest BCUT2D eigenvalue weighted by molar-refractivity contribution is -0.137. The summed E-state index contributed by atoms with van der Waals surface area (Å²) in [5, 5.41) is 0. The van der Waals surface area contributed by atoms with E-state index in [1.807, 2.05) is 4.57 Å². The number of halogens is 3. The second-order valence-electron chi connectivity index (χ2n) is 5.55. The van der Waals surface area contributed by atoms with Gasteiger partial charge in [0.1, 0.15) is 17.3 Å². The Morgan fingerprint density at radius 3 is 2.71 bits per heavy atom. The van der Waals surface area contributed by atoms with E-state index in [4.69, 9.17) is 5.73 Å². The summed E-state index contributed by atoms with van der Waals surface area (Å²) in [5.74, 6) is 1.58. The highest BCUT2D eigenvalue weighted by atomic mass is 19.4. The highest BCUT2D eigenvalue weighted by Crippen LogP contribution is 2.39. The first-order valence-corrected chi connectivity index (χ1v) is 6.89. The highest BCUT2D eigenvalue weighted by Gasteiger charge is 2.35. The van der Waals surface area contributed by atoms with Crippen LogP contribution in [0.1, 0.15) is 24.7 Å². The molecule has 1 unspecified atom stereocenters. The minimum atomic E-state index is -4.42. The number of aromatic nitrogens is 2. The van der Waals surface area contributed by atoms with Crippen LogP contribution in [0, 0.1) is 5.92 Å². The van der Waals surface area contributed by atoms with Crippen LogP contribution < -0.4 is 5.73 Å². The zero-order valence-corrected chi connectivity index (χ0v) is 11.6. The van der Waals surface area contributed by atoms with Gasteiger partial charge in [-0.1, -0.05) is 25.1 Å². The van der Waals surface area contributed by atoms with E-state index in [2.05, 4.69) is 11.9 Å². The van der Waals surface area contributed by atoms with Crippen molar-refractivity contribution in [1.29, 1.82) is 0 Å². The van der Waals surface area contributed by atoms with Crippen LogP contribution >= 0.6 is 0 Å². The molecule has 0 saturated heterocycles. The molecule has 1 aromatic carbocycles. The number of imidazole rings is 1. The number of nitrogens with zero attached hydrogens (tertiary/aromatic N) is 2. The van der Waals surface area contributed by atoms with Crippen LogP contribution in [0.3, 0.4) is 0 Å². The summed E-state index contributed by atoms with van der Waals surface area (Å²) in [6, 6.07) is 5.44. The summed E-state index contributed by atoms with van der Waals surface area (Å²) in [5.41, 5.74) is 5.65. The first-order valence-electron chi connectivity index (χ1n) is 6.89. The molecule has 0 spiro atoms. The van der Waals surface area contributed by atoms with Crippen LogP contribution in [0.15, 0.2) is 24.3 Å². The summed E-state index contributed by atoms with van der Waals surface area (Å²) in [7, 11) is 0. The van der Waals surface area contributed by atoms with Crippen LogP contribution in [0.25, 0.3) is 11.3 Å². The number of alkyl halides is 3. The van der Waals surface area contributed by atoms with Gasteiger partial charge in [0.05, 0.1) is 5.56 Å². The fourth-order valence-corrected chi connectivity index (χ4v) is 2.82. The van der Waals surface area contributed by atoms with Crippen molar-refractivity contribution in [2.24, 2.45) is 5.92 Å². The van der Waals surface area contributed by atoms with Crippen LogP contribution in [0.2, 0.25) is 0 Å². The number of benzene rings is 1. The van der Waals surface area contributed by atoms with Gasteiger partial charge in [0.15, 0.2) is 0 Å². The predicted octanol–water partition coefficient (Wildman–Crippen LogP) is 3.73. The Labute approximate surface area is 120 Å². The molecular formula is C15H16F3N3. The van der Waals surface area contributed by atoms with Crippen molar-refractivity contribution >= 4 is 5.82 Å². The van der Waals surface area contributed by atoms with E-state index >= 15 is 0 Å². The normalized spacial score (nSPS) is 18.6. The molecule has 1 aliphatic heterocycles. The van der Waals surface area contributed by atoms with E-state index in [1.54, 1.807) is 6.07 Å². The number of hydrogen-bond acceptors (Lipinski definition) is 2. The van der Waals surface area contributed by atoms with E-state index in [0.717, 1.165) is 24.7 Å². The molecule has 0 amide bonds. The SMILES string of the molecule is CC1CCn2c(nc(-c3ccccc3C(F)(F)F)c2N)C1. The van der Waals surface area contributed by atoms with Gasteiger partial charge in [-0.05, 0) is 18.4 Å². The molecule has 0 fully saturated rings. The van der Waals surface area contributed by atoms with Crippen molar-refractivity contribution in [3.63, 3.8) is 0 Å². The maximum atomic E-state index is 13.1. The van der Waals surface area contributed by atoms with E-state index in [9.17, 15) is 13.2 Å². The molecule has 1 aromatic heterocycles. The summed E-state index contributed by atoms with van der Waals surface area (Å²) >= 11 is 0. The van der Waals surface area contributed by atoms with Gasteiger partial charge >= 0.3 is 6.18 Å². The Kier molecular flexibility index (Phi) is 3.19. The Balaban J connectivity index is 2.15. The summed E-state index contributed by atoms with van der Waals surface area (Å²) < 4.78 is 41.2. The fourth-order valence-electron chi connectivity index (χ4n) is 2.82. The molecule has 0 aliphatic carbocycles. The maximum absolute atomic E-state index is 13.1. The molecule has 0 radical (unpaired) electrons. The lowest BCUT2D eigenvalue weighted by Crippen LogP contribution is -2.18. The van der Waals surface area contributed by atoms with Gasteiger partial charge in [-0.2, -0.15) is 13.2 Å². The molecule has 0 bridgehead atoms. The van der Waals surface area contributed by atoms with Crippen molar-refractivity contribution < 1.29 is 13.2 Å². The molecule has 112 valence electrons. The van der Waals surface area contributed by atoms with Gasteiger partial charge in [0, 0.05) is 18.5 Å². The van der Waals surface area contributed by atoms with Gasteiger partial charge in [0.25, 0.3) is 0 Å². The third kappa shape index (κ3) is 2.39. The minimum Gasteiger partial charge on any atom is -0.383 e. The zero-order valence-electron chi connectivity index (χ0n) is 11.6. The maximum Gasteiger partial charge on any atom is 0.417 e. The number of fused-ring (bicyclic) bond motifs is 1. The van der Waals surface area contributed by atoms with Crippen molar-refractivity contribution in [1.82, 2.24) is 9.55 Å². The Morgan fingerprint density at radius 1 is 1.29 bits per heavy atom. The van der Waals surface area contributed by atoms with Crippen molar-refractivity contribution in [2.75, 3.05) is 5.73 Å². The standard InChI is InChI=1S/C15H16F3N3/c1-9-6-7-21-12(8-9)20-13(14(21)19)10-4-2-3-5-11(10)15(16,17)18/h2-5,9H,6-8,19H2,1H3. The van der Waals surface area contributed by atoms with Crippen LogP contribution in [0.4, 0.5) is 19.0 Å². The minimum absolute atomic E-state index is 0.0528. The monoisotopic (exact) mass is 295 g/mol. The second kappa shape index (κ2) is 4.79. The molecular weight excluding hydrogens is 279 g/mol. The van der Waals surface area contributed by atoms with Gasteiger partial charge in [-0.15, -0.1) is 0 Å². The topological polar surface area (TPSA) is 43.8 Å². The quantitative estimate of drug-likeness (QED) is 0.871. The summed E-state index contributed by atoms with van der Waals surface area (Å²) in [6.45, 7) is 2.82. The number of anilines is 1. The molecule has 2 aromatic rings. The third-order valence-corrected chi connectivity index (χ3v) is 3.95. The molecule has 6 heteroatoms.